The van der Waals surface area contributed by atoms with Crippen molar-refractivity contribution in [2.45, 2.75) is 20.4 Å². The van der Waals surface area contributed by atoms with Gasteiger partial charge in [0, 0.05) is 17.7 Å². The van der Waals surface area contributed by atoms with Gasteiger partial charge in [-0.15, -0.1) is 0 Å². The number of pyridine rings is 1. The number of rotatable bonds is 2. The zero-order valence-corrected chi connectivity index (χ0v) is 10.1. The summed E-state index contributed by atoms with van der Waals surface area (Å²) >= 11 is 0. The van der Waals surface area contributed by atoms with Crippen LogP contribution in [0, 0.1) is 13.8 Å². The van der Waals surface area contributed by atoms with Crippen molar-refractivity contribution < 1.29 is 5.11 Å². The second-order valence-corrected chi connectivity index (χ2v) is 4.20. The maximum absolute atomic E-state index is 9.54. The maximum atomic E-state index is 9.54. The second-order valence-electron chi connectivity index (χ2n) is 4.20. The Morgan fingerprint density at radius 2 is 1.94 bits per heavy atom. The molecule has 17 heavy (non-hydrogen) atoms. The van der Waals surface area contributed by atoms with E-state index < -0.39 is 0 Å². The smallest absolute Gasteiger partial charge is 0.138 e. The van der Waals surface area contributed by atoms with E-state index >= 15 is 0 Å². The van der Waals surface area contributed by atoms with Gasteiger partial charge in [0.15, 0.2) is 0 Å². The van der Waals surface area contributed by atoms with Crippen molar-refractivity contribution in [3.8, 4) is 17.0 Å². The Balaban J connectivity index is 2.49. The van der Waals surface area contributed by atoms with Crippen molar-refractivity contribution in [1.82, 2.24) is 4.98 Å². The highest BCUT2D eigenvalue weighted by Crippen LogP contribution is 2.24. The highest BCUT2D eigenvalue weighted by molar-refractivity contribution is 5.62. The summed E-state index contributed by atoms with van der Waals surface area (Å²) in [6, 6.07) is 8.03. The van der Waals surface area contributed by atoms with Crippen molar-refractivity contribution in [3.05, 3.63) is 47.2 Å². The Morgan fingerprint density at radius 3 is 2.59 bits per heavy atom. The number of hydrogen-bond acceptors (Lipinski definition) is 3. The van der Waals surface area contributed by atoms with Crippen molar-refractivity contribution in [3.63, 3.8) is 0 Å². The molecule has 2 rings (SSSR count). The largest absolute Gasteiger partial charge is 0.506 e. The van der Waals surface area contributed by atoms with Crippen LogP contribution in [0.25, 0.3) is 11.3 Å². The molecule has 0 radical (unpaired) electrons. The highest BCUT2D eigenvalue weighted by atomic mass is 16.3. The van der Waals surface area contributed by atoms with Gasteiger partial charge >= 0.3 is 0 Å². The van der Waals surface area contributed by atoms with Gasteiger partial charge in [-0.05, 0) is 37.1 Å². The summed E-state index contributed by atoms with van der Waals surface area (Å²) in [5.74, 6) is 0.153. The van der Waals surface area contributed by atoms with Crippen molar-refractivity contribution in [2.75, 3.05) is 0 Å². The lowest BCUT2D eigenvalue weighted by Crippen LogP contribution is -1.98. The summed E-state index contributed by atoms with van der Waals surface area (Å²) in [7, 11) is 0. The van der Waals surface area contributed by atoms with E-state index in [0.29, 0.717) is 12.1 Å². The first kappa shape index (κ1) is 11.6. The number of hydrogen-bond donors (Lipinski definition) is 2. The molecule has 0 atom stereocenters. The Morgan fingerprint density at radius 1 is 1.18 bits per heavy atom. The standard InChI is InChI=1S/C14H16N2O/c1-9-3-4-11(5-10(9)2)13-6-12(7-15)14(17)8-16-13/h3-6,8,17H,7,15H2,1-2H3. The molecule has 3 heteroatoms. The Hall–Kier alpha value is -1.87. The fourth-order valence-corrected chi connectivity index (χ4v) is 1.71. The molecule has 0 saturated carbocycles. The van der Waals surface area contributed by atoms with Crippen LogP contribution in [0.15, 0.2) is 30.5 Å². The first-order valence-electron chi connectivity index (χ1n) is 5.57. The SMILES string of the molecule is Cc1ccc(-c2cc(CN)c(O)cn2)cc1C. The minimum atomic E-state index is 0.153. The summed E-state index contributed by atoms with van der Waals surface area (Å²) in [6.45, 7) is 4.46. The van der Waals surface area contributed by atoms with E-state index in [1.165, 1.54) is 17.3 Å². The lowest BCUT2D eigenvalue weighted by molar-refractivity contribution is 0.466. The molecule has 3 nitrogen and oxygen atoms in total. The molecular formula is C14H16N2O. The summed E-state index contributed by atoms with van der Waals surface area (Å²) in [6.07, 6.45) is 1.45. The Labute approximate surface area is 101 Å². The monoisotopic (exact) mass is 228 g/mol. The van der Waals surface area contributed by atoms with Crippen molar-refractivity contribution in [2.24, 2.45) is 5.73 Å². The van der Waals surface area contributed by atoms with Gasteiger partial charge in [0.2, 0.25) is 0 Å². The van der Waals surface area contributed by atoms with E-state index in [9.17, 15) is 5.11 Å². The van der Waals surface area contributed by atoms with E-state index in [2.05, 4.69) is 31.0 Å². The molecule has 0 aliphatic carbocycles. The molecule has 0 aliphatic rings. The van der Waals surface area contributed by atoms with Crippen LogP contribution in [0.4, 0.5) is 0 Å². The number of aromatic hydroxyl groups is 1. The molecular weight excluding hydrogens is 212 g/mol. The fourth-order valence-electron chi connectivity index (χ4n) is 1.71. The highest BCUT2D eigenvalue weighted by Gasteiger charge is 2.05. The molecule has 0 aliphatic heterocycles. The lowest BCUT2D eigenvalue weighted by Gasteiger charge is -2.07. The molecule has 88 valence electrons. The van der Waals surface area contributed by atoms with Crippen LogP contribution in [0.2, 0.25) is 0 Å². The fraction of sp³-hybridized carbons (Fsp3) is 0.214. The molecule has 1 aromatic carbocycles. The summed E-state index contributed by atoms with van der Waals surface area (Å²) in [5, 5.41) is 9.54. The average molecular weight is 228 g/mol. The molecule has 0 bridgehead atoms. The van der Waals surface area contributed by atoms with E-state index in [4.69, 9.17) is 5.73 Å². The van der Waals surface area contributed by atoms with Crippen LogP contribution >= 0.6 is 0 Å². The molecule has 2 aromatic rings. The third kappa shape index (κ3) is 2.29. The van der Waals surface area contributed by atoms with Crippen LogP contribution in [0.3, 0.4) is 0 Å². The minimum absolute atomic E-state index is 0.153. The van der Waals surface area contributed by atoms with Gasteiger partial charge < -0.3 is 10.8 Å². The quantitative estimate of drug-likeness (QED) is 0.830. The van der Waals surface area contributed by atoms with E-state index in [-0.39, 0.29) is 5.75 Å². The van der Waals surface area contributed by atoms with Crippen molar-refractivity contribution in [1.29, 1.82) is 0 Å². The van der Waals surface area contributed by atoms with Gasteiger partial charge in [-0.25, -0.2) is 0 Å². The molecule has 0 amide bonds. The first-order valence-corrected chi connectivity index (χ1v) is 5.57. The van der Waals surface area contributed by atoms with Gasteiger partial charge in [0.25, 0.3) is 0 Å². The number of nitrogens with two attached hydrogens (primary N) is 1. The third-order valence-electron chi connectivity index (χ3n) is 2.99. The van der Waals surface area contributed by atoms with Crippen LogP contribution in [-0.4, -0.2) is 10.1 Å². The summed E-state index contributed by atoms with van der Waals surface area (Å²) < 4.78 is 0. The molecule has 0 spiro atoms. The van der Waals surface area contributed by atoms with E-state index in [0.717, 1.165) is 11.3 Å². The summed E-state index contributed by atoms with van der Waals surface area (Å²) in [4.78, 5) is 4.22. The van der Waals surface area contributed by atoms with Gasteiger partial charge in [-0.2, -0.15) is 0 Å². The zero-order valence-electron chi connectivity index (χ0n) is 10.1. The maximum Gasteiger partial charge on any atom is 0.138 e. The van der Waals surface area contributed by atoms with Gasteiger partial charge in [-0.3, -0.25) is 4.98 Å². The van der Waals surface area contributed by atoms with Crippen LogP contribution in [0.1, 0.15) is 16.7 Å². The summed E-state index contributed by atoms with van der Waals surface area (Å²) in [5.41, 5.74) is 10.6. The molecule has 0 saturated heterocycles. The second kappa shape index (κ2) is 4.55. The number of aryl methyl sites for hydroxylation is 2. The number of nitrogens with zero attached hydrogens (tertiary/aromatic N) is 1. The topological polar surface area (TPSA) is 59.1 Å². The predicted molar refractivity (Wildman–Crippen MR) is 68.7 cm³/mol. The number of aromatic nitrogens is 1. The molecule has 3 N–H and O–H groups in total. The lowest BCUT2D eigenvalue weighted by atomic mass is 10.0. The third-order valence-corrected chi connectivity index (χ3v) is 2.99. The Bertz CT molecular complexity index is 550. The van der Waals surface area contributed by atoms with Crippen LogP contribution < -0.4 is 5.73 Å². The Kier molecular flexibility index (Phi) is 3.11. The van der Waals surface area contributed by atoms with Crippen LogP contribution in [-0.2, 0) is 6.54 Å². The van der Waals surface area contributed by atoms with Gasteiger partial charge in [0.05, 0.1) is 11.9 Å². The number of benzene rings is 1. The van der Waals surface area contributed by atoms with E-state index in [1.807, 2.05) is 12.1 Å². The van der Waals surface area contributed by atoms with Gasteiger partial charge in [-0.1, -0.05) is 12.1 Å². The normalized spacial score (nSPS) is 10.5. The zero-order chi connectivity index (χ0) is 12.4. The molecule has 1 aromatic heterocycles. The first-order chi connectivity index (χ1) is 8.11. The molecule has 1 heterocycles. The van der Waals surface area contributed by atoms with Crippen molar-refractivity contribution >= 4 is 0 Å². The van der Waals surface area contributed by atoms with Crippen LogP contribution in [0.5, 0.6) is 5.75 Å². The van der Waals surface area contributed by atoms with Gasteiger partial charge in [0.1, 0.15) is 5.75 Å². The molecule has 0 fully saturated rings. The minimum Gasteiger partial charge on any atom is -0.506 e. The predicted octanol–water partition coefficient (Wildman–Crippen LogP) is 2.53. The van der Waals surface area contributed by atoms with E-state index in [1.54, 1.807) is 0 Å². The molecule has 0 unspecified atom stereocenters. The average Bonchev–Trinajstić information content (AvgIpc) is 2.33.